The molecule has 4 aromatic carbocycles. The summed E-state index contributed by atoms with van der Waals surface area (Å²) in [6, 6.07) is 36.4. The van der Waals surface area contributed by atoms with Crippen LogP contribution in [0.1, 0.15) is 20.0 Å². The molecule has 0 bridgehead atoms. The van der Waals surface area contributed by atoms with Crippen LogP contribution in [-0.4, -0.2) is 29.0 Å². The summed E-state index contributed by atoms with van der Waals surface area (Å²) < 4.78 is 6.54. The maximum absolute atomic E-state index is 2.48. The summed E-state index contributed by atoms with van der Waals surface area (Å²) in [4.78, 5) is 0. The van der Waals surface area contributed by atoms with Gasteiger partial charge in [0.25, 0.3) is 0 Å². The Morgan fingerprint density at radius 3 is 1.32 bits per heavy atom. The van der Waals surface area contributed by atoms with Crippen LogP contribution in [0.15, 0.2) is 97.1 Å². The van der Waals surface area contributed by atoms with Crippen LogP contribution >= 0.6 is 0 Å². The van der Waals surface area contributed by atoms with Crippen LogP contribution in [-0.2, 0) is 25.7 Å². The molecule has 0 amide bonds. The Kier molecular flexibility index (Phi) is 5.22. The molecular weight excluding hydrogens is 542 g/mol. The SMILES string of the molecule is c1ccc(CCc2cc3ccc4c(c3[se]2)-c2ccc3cc(CCc5ccccc5)[se]c3c2-4)cc1. The third kappa shape index (κ3) is 3.58. The van der Waals surface area contributed by atoms with Crippen LogP contribution in [0.4, 0.5) is 0 Å². The van der Waals surface area contributed by atoms with Gasteiger partial charge in [-0.15, -0.1) is 0 Å². The zero-order chi connectivity index (χ0) is 22.5. The van der Waals surface area contributed by atoms with E-state index in [1.807, 2.05) is 0 Å². The van der Waals surface area contributed by atoms with Crippen LogP contribution in [0.2, 0.25) is 0 Å². The van der Waals surface area contributed by atoms with Gasteiger partial charge in [-0.25, -0.2) is 0 Å². The maximum atomic E-state index is 2.48. The van der Waals surface area contributed by atoms with Gasteiger partial charge in [-0.1, -0.05) is 0 Å². The molecule has 34 heavy (non-hydrogen) atoms. The van der Waals surface area contributed by atoms with E-state index < -0.39 is 0 Å². The van der Waals surface area contributed by atoms with Gasteiger partial charge >= 0.3 is 213 Å². The minimum atomic E-state index is 0.455. The van der Waals surface area contributed by atoms with E-state index in [-0.39, 0.29) is 0 Å². The zero-order valence-electron chi connectivity index (χ0n) is 18.9. The topological polar surface area (TPSA) is 0 Å². The van der Waals surface area contributed by atoms with Crippen LogP contribution in [0.5, 0.6) is 0 Å². The normalized spacial score (nSPS) is 12.0. The molecule has 0 spiro atoms. The van der Waals surface area contributed by atoms with Crippen molar-refractivity contribution in [3.63, 3.8) is 0 Å². The first-order chi connectivity index (χ1) is 16.8. The molecule has 0 aliphatic heterocycles. The molecule has 6 aromatic rings. The van der Waals surface area contributed by atoms with Gasteiger partial charge in [-0.05, 0) is 0 Å². The van der Waals surface area contributed by atoms with Gasteiger partial charge in [0.2, 0.25) is 0 Å². The second-order valence-corrected chi connectivity index (χ2v) is 14.0. The molecule has 164 valence electrons. The molecule has 2 aromatic heterocycles. The number of benzene rings is 4. The zero-order valence-corrected chi connectivity index (χ0v) is 22.3. The molecule has 0 saturated heterocycles. The van der Waals surface area contributed by atoms with E-state index in [1.165, 1.54) is 45.9 Å². The Morgan fingerprint density at radius 1 is 0.441 bits per heavy atom. The summed E-state index contributed by atoms with van der Waals surface area (Å²) in [5, 5.41) is 2.94. The summed E-state index contributed by atoms with van der Waals surface area (Å²) in [6.45, 7) is 0. The van der Waals surface area contributed by atoms with Gasteiger partial charge in [-0.3, -0.25) is 0 Å². The van der Waals surface area contributed by atoms with Crippen molar-refractivity contribution in [1.82, 2.24) is 0 Å². The summed E-state index contributed by atoms with van der Waals surface area (Å²) in [6.07, 6.45) is 4.66. The van der Waals surface area contributed by atoms with Crippen molar-refractivity contribution in [3.8, 4) is 22.3 Å². The quantitative estimate of drug-likeness (QED) is 0.185. The summed E-state index contributed by atoms with van der Waals surface area (Å²) in [5.41, 5.74) is 9.06. The van der Waals surface area contributed by atoms with Gasteiger partial charge in [-0.2, -0.15) is 0 Å². The number of hydrogen-bond acceptors (Lipinski definition) is 0. The molecule has 0 unspecified atom stereocenters. The summed E-state index contributed by atoms with van der Waals surface area (Å²) >= 11 is 0.910. The fourth-order valence-corrected chi connectivity index (χ4v) is 10.4. The van der Waals surface area contributed by atoms with Crippen molar-refractivity contribution in [2.45, 2.75) is 25.7 Å². The Hall–Kier alpha value is -2.60. The molecule has 0 saturated carbocycles. The average molecular weight is 566 g/mol. The van der Waals surface area contributed by atoms with Crippen LogP contribution in [0.25, 0.3) is 41.5 Å². The molecule has 2 heterocycles. The van der Waals surface area contributed by atoms with Gasteiger partial charge in [0.05, 0.1) is 0 Å². The van der Waals surface area contributed by atoms with Gasteiger partial charge < -0.3 is 0 Å². The van der Waals surface area contributed by atoms with Crippen molar-refractivity contribution < 1.29 is 0 Å². The van der Waals surface area contributed by atoms with E-state index in [1.54, 1.807) is 28.5 Å². The molecule has 0 fully saturated rings. The number of hydrogen-bond donors (Lipinski definition) is 0. The van der Waals surface area contributed by atoms with Crippen molar-refractivity contribution in [3.05, 3.63) is 117 Å². The number of rotatable bonds is 6. The number of aryl methyl sites for hydroxylation is 4. The summed E-state index contributed by atoms with van der Waals surface area (Å²) in [5.74, 6) is 0. The third-order valence-electron chi connectivity index (χ3n) is 7.02. The molecule has 1 aliphatic carbocycles. The fraction of sp³-hybridized carbons (Fsp3) is 0.125. The predicted molar refractivity (Wildman–Crippen MR) is 147 cm³/mol. The predicted octanol–water partition coefficient (Wildman–Crippen LogP) is 7.32. The second-order valence-electron chi connectivity index (χ2n) is 9.21. The Labute approximate surface area is 212 Å². The van der Waals surface area contributed by atoms with Crippen molar-refractivity contribution in [1.29, 1.82) is 0 Å². The van der Waals surface area contributed by atoms with Crippen molar-refractivity contribution in [2.75, 3.05) is 0 Å². The Morgan fingerprint density at radius 2 is 0.882 bits per heavy atom. The van der Waals surface area contributed by atoms with E-state index in [0.29, 0.717) is 29.0 Å². The van der Waals surface area contributed by atoms with E-state index in [9.17, 15) is 0 Å². The number of fused-ring (bicyclic) bond motifs is 8. The summed E-state index contributed by atoms with van der Waals surface area (Å²) in [7, 11) is 0. The fourth-order valence-electron chi connectivity index (χ4n) is 5.27. The first-order valence-corrected chi connectivity index (χ1v) is 15.5. The molecule has 0 N–H and O–H groups in total. The molecule has 0 radical (unpaired) electrons. The van der Waals surface area contributed by atoms with E-state index in [0.717, 1.165) is 12.8 Å². The first kappa shape index (κ1) is 20.7. The van der Waals surface area contributed by atoms with Crippen LogP contribution in [0.3, 0.4) is 0 Å². The minimum absolute atomic E-state index is 0.455. The second kappa shape index (κ2) is 8.56. The van der Waals surface area contributed by atoms with E-state index in [4.69, 9.17) is 0 Å². The van der Waals surface area contributed by atoms with E-state index in [2.05, 4.69) is 97.1 Å². The van der Waals surface area contributed by atoms with Crippen LogP contribution in [0, 0.1) is 0 Å². The average Bonchev–Trinajstić information content (AvgIpc) is 3.47. The molecule has 2 heteroatoms. The molecular formula is C32H24Se2. The van der Waals surface area contributed by atoms with Crippen molar-refractivity contribution in [2.24, 2.45) is 0 Å². The van der Waals surface area contributed by atoms with Crippen molar-refractivity contribution >= 4 is 48.3 Å². The molecule has 1 aliphatic rings. The molecule has 0 nitrogen and oxygen atoms in total. The van der Waals surface area contributed by atoms with Gasteiger partial charge in [0.1, 0.15) is 0 Å². The Bertz CT molecular complexity index is 1500. The standard InChI is InChI=1S/C32H24Se2/c1-3-7-21(8-4-1)11-15-25-19-23-13-17-27-29(31(23)33-25)28-18-14-24-20-26(34-32(24)30(27)28)16-12-22-9-5-2-6-10-22/h1-10,13-14,17-20H,11-12,15-16H2. The molecule has 7 rings (SSSR count). The monoisotopic (exact) mass is 568 g/mol. The van der Waals surface area contributed by atoms with Crippen LogP contribution < -0.4 is 0 Å². The van der Waals surface area contributed by atoms with E-state index >= 15 is 0 Å². The van der Waals surface area contributed by atoms with Gasteiger partial charge in [0.15, 0.2) is 0 Å². The third-order valence-corrected chi connectivity index (χ3v) is 12.2. The molecule has 0 atom stereocenters. The Balaban J connectivity index is 1.19. The first-order valence-electron chi connectivity index (χ1n) is 12.0. The van der Waals surface area contributed by atoms with Gasteiger partial charge in [0, 0.05) is 0 Å².